The second kappa shape index (κ2) is 14.4. The number of hydrogen-bond acceptors (Lipinski definition) is 5. The van der Waals surface area contributed by atoms with Crippen LogP contribution in [0.15, 0.2) is 48.5 Å². The van der Waals surface area contributed by atoms with Crippen LogP contribution in [0.4, 0.5) is 0 Å². The average molecular weight is 606 g/mol. The van der Waals surface area contributed by atoms with E-state index in [-0.39, 0.29) is 12.7 Å². The number of likely N-dealkylation sites (tertiary alicyclic amines) is 1. The van der Waals surface area contributed by atoms with Crippen LogP contribution in [0.25, 0.3) is 11.1 Å². The summed E-state index contributed by atoms with van der Waals surface area (Å²) >= 11 is 6.77. The second-order valence-electron chi connectivity index (χ2n) is 12.6. The van der Waals surface area contributed by atoms with Gasteiger partial charge in [0.2, 0.25) is 0 Å². The number of hydrogen-bond donors (Lipinski definition) is 1. The Hall–Kier alpha value is -2.73. The number of ether oxygens (including phenoxy) is 3. The molecule has 0 radical (unpaired) electrons. The lowest BCUT2D eigenvalue weighted by atomic mass is 9.89. The zero-order valence-electron chi connectivity index (χ0n) is 26.4. The summed E-state index contributed by atoms with van der Waals surface area (Å²) in [5.74, 6) is 2.47. The molecule has 1 fully saturated rings. The largest absolute Gasteiger partial charge is 0.493 e. The maximum absolute atomic E-state index is 9.10. The molecular formula is C37H48ClNO4. The van der Waals surface area contributed by atoms with E-state index < -0.39 is 0 Å². The van der Waals surface area contributed by atoms with Crippen LogP contribution in [-0.4, -0.2) is 48.5 Å². The van der Waals surface area contributed by atoms with Gasteiger partial charge in [0.25, 0.3) is 0 Å². The third-order valence-electron chi connectivity index (χ3n) is 9.26. The van der Waals surface area contributed by atoms with E-state index >= 15 is 0 Å². The van der Waals surface area contributed by atoms with E-state index in [1.165, 1.54) is 40.8 Å². The quantitative estimate of drug-likeness (QED) is 0.176. The normalized spacial score (nSPS) is 17.4. The molecule has 1 heterocycles. The maximum atomic E-state index is 9.10. The average Bonchev–Trinajstić information content (AvgIpc) is 3.40. The summed E-state index contributed by atoms with van der Waals surface area (Å²) in [5, 5.41) is 9.72. The standard InChI is InChI=1S/C37H48ClNO4/c1-5-41-35-25-36(32(38)24-27(35)12-7-6-8-22-40)43-34-18-17-30-29(14-9-15-31(30)34)28-13-10-16-33(26(28)2)42-23-11-20-39-21-19-37(39,3)4/h9-10,13-16,24-25,34,40H,5-8,11-12,17-23H2,1-4H3/t34-/m0/s1. The minimum absolute atomic E-state index is 0.0668. The van der Waals surface area contributed by atoms with Crippen LogP contribution in [0.3, 0.4) is 0 Å². The van der Waals surface area contributed by atoms with Crippen LogP contribution in [-0.2, 0) is 12.8 Å². The van der Waals surface area contributed by atoms with Crippen molar-refractivity contribution in [3.05, 3.63) is 75.8 Å². The lowest BCUT2D eigenvalue weighted by Crippen LogP contribution is -2.55. The molecule has 0 bridgehead atoms. The Balaban J connectivity index is 1.29. The topological polar surface area (TPSA) is 51.2 Å². The number of aliphatic hydroxyl groups is 1. The Morgan fingerprint density at radius 2 is 1.77 bits per heavy atom. The van der Waals surface area contributed by atoms with E-state index in [4.69, 9.17) is 30.9 Å². The van der Waals surface area contributed by atoms with Crippen LogP contribution in [0, 0.1) is 6.92 Å². The van der Waals surface area contributed by atoms with Crippen LogP contribution in [0.5, 0.6) is 17.2 Å². The van der Waals surface area contributed by atoms with Crippen molar-refractivity contribution in [2.45, 2.75) is 90.7 Å². The first kappa shape index (κ1) is 31.7. The molecule has 6 heteroatoms. The van der Waals surface area contributed by atoms with Gasteiger partial charge in [0.05, 0.1) is 18.2 Å². The summed E-state index contributed by atoms with van der Waals surface area (Å²) in [5.41, 5.74) is 7.66. The molecule has 3 aromatic carbocycles. The van der Waals surface area contributed by atoms with Crippen molar-refractivity contribution in [2.75, 3.05) is 32.9 Å². The molecular weight excluding hydrogens is 558 g/mol. The molecule has 0 aromatic heterocycles. The first-order valence-corrected chi connectivity index (χ1v) is 16.5. The summed E-state index contributed by atoms with van der Waals surface area (Å²) in [7, 11) is 0. The molecule has 3 aromatic rings. The minimum Gasteiger partial charge on any atom is -0.493 e. The Kier molecular flexibility index (Phi) is 10.6. The van der Waals surface area contributed by atoms with Crippen molar-refractivity contribution in [3.63, 3.8) is 0 Å². The fourth-order valence-electron chi connectivity index (χ4n) is 6.53. The van der Waals surface area contributed by atoms with Gasteiger partial charge in [-0.1, -0.05) is 48.4 Å². The van der Waals surface area contributed by atoms with E-state index in [1.807, 2.05) is 19.1 Å². The molecule has 43 heavy (non-hydrogen) atoms. The van der Waals surface area contributed by atoms with Gasteiger partial charge >= 0.3 is 0 Å². The molecule has 2 aliphatic rings. The lowest BCUT2D eigenvalue weighted by Gasteiger charge is -2.48. The molecule has 1 N–H and O–H groups in total. The number of unbranched alkanes of at least 4 members (excludes halogenated alkanes) is 2. The fourth-order valence-corrected chi connectivity index (χ4v) is 6.76. The van der Waals surface area contributed by atoms with E-state index in [1.54, 1.807) is 0 Å². The van der Waals surface area contributed by atoms with E-state index in [2.05, 4.69) is 62.1 Å². The Morgan fingerprint density at radius 1 is 0.953 bits per heavy atom. The SMILES string of the molecule is CCOc1cc(O[C@H]2CCc3c(-c4cccc(OCCCN5CCC5(C)C)c4C)cccc32)c(Cl)cc1CCCCCO. The molecule has 0 amide bonds. The number of fused-ring (bicyclic) bond motifs is 1. The summed E-state index contributed by atoms with van der Waals surface area (Å²) in [6.07, 6.45) is 7.74. The molecule has 5 rings (SSSR count). The Morgan fingerprint density at radius 3 is 2.51 bits per heavy atom. The number of benzene rings is 3. The third kappa shape index (κ3) is 7.33. The van der Waals surface area contributed by atoms with Crippen molar-refractivity contribution in [1.82, 2.24) is 4.90 Å². The van der Waals surface area contributed by atoms with Crippen LogP contribution in [0.2, 0.25) is 5.02 Å². The molecule has 1 atom stereocenters. The highest BCUT2D eigenvalue weighted by Crippen LogP contribution is 2.44. The molecule has 0 saturated carbocycles. The smallest absolute Gasteiger partial charge is 0.142 e. The number of halogens is 1. The van der Waals surface area contributed by atoms with Gasteiger partial charge in [0.15, 0.2) is 0 Å². The molecule has 232 valence electrons. The molecule has 0 unspecified atom stereocenters. The first-order valence-electron chi connectivity index (χ1n) is 16.1. The van der Waals surface area contributed by atoms with Crippen molar-refractivity contribution < 1.29 is 19.3 Å². The maximum Gasteiger partial charge on any atom is 0.142 e. The summed E-state index contributed by atoms with van der Waals surface area (Å²) in [6, 6.07) is 16.9. The zero-order valence-corrected chi connectivity index (χ0v) is 27.1. The molecule has 5 nitrogen and oxygen atoms in total. The van der Waals surface area contributed by atoms with Gasteiger partial charge in [0.1, 0.15) is 23.4 Å². The molecule has 1 saturated heterocycles. The third-order valence-corrected chi connectivity index (χ3v) is 9.55. The highest BCUT2D eigenvalue weighted by molar-refractivity contribution is 6.32. The van der Waals surface area contributed by atoms with Gasteiger partial charge in [-0.2, -0.15) is 0 Å². The highest BCUT2D eigenvalue weighted by atomic mass is 35.5. The van der Waals surface area contributed by atoms with Crippen LogP contribution < -0.4 is 14.2 Å². The van der Waals surface area contributed by atoms with Gasteiger partial charge in [0, 0.05) is 31.3 Å². The van der Waals surface area contributed by atoms with Gasteiger partial charge < -0.3 is 19.3 Å². The number of aryl methyl sites for hydroxylation is 1. The molecule has 1 aliphatic heterocycles. The van der Waals surface area contributed by atoms with Crippen molar-refractivity contribution >= 4 is 11.6 Å². The Labute approximate surface area is 263 Å². The van der Waals surface area contributed by atoms with Crippen LogP contribution in [0.1, 0.15) is 87.7 Å². The lowest BCUT2D eigenvalue weighted by molar-refractivity contribution is 0.0123. The molecule has 0 spiro atoms. The number of aliphatic hydroxyl groups excluding tert-OH is 1. The van der Waals surface area contributed by atoms with Crippen molar-refractivity contribution in [3.8, 4) is 28.4 Å². The van der Waals surface area contributed by atoms with Crippen molar-refractivity contribution in [1.29, 1.82) is 0 Å². The van der Waals surface area contributed by atoms with Gasteiger partial charge in [-0.15, -0.1) is 0 Å². The summed E-state index contributed by atoms with van der Waals surface area (Å²) in [6.45, 7) is 12.6. The minimum atomic E-state index is -0.0668. The van der Waals surface area contributed by atoms with Gasteiger partial charge in [-0.3, -0.25) is 4.90 Å². The number of nitrogens with zero attached hydrogens (tertiary/aromatic N) is 1. The number of rotatable bonds is 15. The summed E-state index contributed by atoms with van der Waals surface area (Å²) < 4.78 is 18.9. The van der Waals surface area contributed by atoms with Gasteiger partial charge in [-0.25, -0.2) is 0 Å². The monoisotopic (exact) mass is 605 g/mol. The van der Waals surface area contributed by atoms with E-state index in [0.717, 1.165) is 75.2 Å². The fraction of sp³-hybridized carbons (Fsp3) is 0.514. The van der Waals surface area contributed by atoms with Crippen molar-refractivity contribution in [2.24, 2.45) is 0 Å². The van der Waals surface area contributed by atoms with E-state index in [9.17, 15) is 0 Å². The van der Waals surface area contributed by atoms with E-state index in [0.29, 0.717) is 22.9 Å². The zero-order chi connectivity index (χ0) is 30.4. The van der Waals surface area contributed by atoms with Crippen LogP contribution >= 0.6 is 11.6 Å². The predicted molar refractivity (Wildman–Crippen MR) is 176 cm³/mol. The summed E-state index contributed by atoms with van der Waals surface area (Å²) in [4.78, 5) is 2.55. The molecule has 1 aliphatic carbocycles. The highest BCUT2D eigenvalue weighted by Gasteiger charge is 2.34. The van der Waals surface area contributed by atoms with Gasteiger partial charge in [-0.05, 0) is 118 Å². The predicted octanol–water partition coefficient (Wildman–Crippen LogP) is 8.74. The first-order chi connectivity index (χ1) is 20.8. The second-order valence-corrected chi connectivity index (χ2v) is 13.0. The Bertz CT molecular complexity index is 1390.